The molecule has 5 nitrogen and oxygen atoms in total. The lowest BCUT2D eigenvalue weighted by atomic mass is 9.97. The molecule has 1 aliphatic rings. The van der Waals surface area contributed by atoms with Gasteiger partial charge >= 0.3 is 0 Å². The van der Waals surface area contributed by atoms with Crippen LogP contribution in [0.3, 0.4) is 0 Å². The summed E-state index contributed by atoms with van der Waals surface area (Å²) < 4.78 is 14.9. The number of rotatable bonds is 8. The normalized spacial score (nSPS) is 13.1. The zero-order chi connectivity index (χ0) is 24.7. The van der Waals surface area contributed by atoms with Crippen LogP contribution in [0, 0.1) is 11.2 Å². The Balaban J connectivity index is 0.000000229. The Morgan fingerprint density at radius 2 is 1.82 bits per heavy atom. The van der Waals surface area contributed by atoms with Crippen LogP contribution in [0.5, 0.6) is 0 Å². The molecule has 0 aliphatic heterocycles. The molecule has 0 radical (unpaired) electrons. The van der Waals surface area contributed by atoms with E-state index in [4.69, 9.17) is 0 Å². The predicted octanol–water partition coefficient (Wildman–Crippen LogP) is 6.19. The summed E-state index contributed by atoms with van der Waals surface area (Å²) in [6, 6.07) is 16.2. The highest BCUT2D eigenvalue weighted by Gasteiger charge is 2.28. The number of aromatic nitrogens is 2. The molecule has 1 heterocycles. The Bertz CT molecular complexity index is 1050. The number of aldehydes is 1. The Morgan fingerprint density at radius 1 is 1.12 bits per heavy atom. The maximum atomic E-state index is 13.0. The molecule has 1 aromatic heterocycles. The average molecular weight is 465 g/mol. The Morgan fingerprint density at radius 3 is 2.38 bits per heavy atom. The molecule has 0 N–H and O–H groups in total. The van der Waals surface area contributed by atoms with Crippen molar-refractivity contribution in [1.29, 1.82) is 0 Å². The maximum Gasteiger partial charge on any atom is 0.169 e. The van der Waals surface area contributed by atoms with Crippen molar-refractivity contribution < 1.29 is 9.18 Å². The molecule has 4 rings (SSSR count). The van der Waals surface area contributed by atoms with Crippen molar-refractivity contribution in [2.45, 2.75) is 59.7 Å². The highest BCUT2D eigenvalue weighted by molar-refractivity contribution is 5.70. The molecule has 0 saturated heterocycles. The molecule has 2 aromatic carbocycles. The van der Waals surface area contributed by atoms with Gasteiger partial charge in [0.25, 0.3) is 0 Å². The molecule has 3 aromatic rings. The number of benzene rings is 2. The third-order valence-electron chi connectivity index (χ3n) is 5.69. The molecule has 1 fully saturated rings. The number of carbonyl (C=O) groups is 1. The van der Waals surface area contributed by atoms with Gasteiger partial charge in [-0.2, -0.15) is 0 Å². The molecule has 0 bridgehead atoms. The first-order valence-electron chi connectivity index (χ1n) is 12.0. The molecule has 0 atom stereocenters. The molecule has 0 spiro atoms. The van der Waals surface area contributed by atoms with E-state index in [-0.39, 0.29) is 11.2 Å². The van der Waals surface area contributed by atoms with Crippen LogP contribution in [0.1, 0.15) is 56.6 Å². The monoisotopic (exact) mass is 464 g/mol. The largest absolute Gasteiger partial charge is 0.370 e. The smallest absolute Gasteiger partial charge is 0.169 e. The fraction of sp³-hybridized carbons (Fsp3) is 0.429. The van der Waals surface area contributed by atoms with Gasteiger partial charge in [0.2, 0.25) is 0 Å². The van der Waals surface area contributed by atoms with Crippen LogP contribution in [-0.2, 0) is 13.1 Å². The van der Waals surface area contributed by atoms with Crippen molar-refractivity contribution in [3.63, 3.8) is 0 Å². The van der Waals surface area contributed by atoms with Gasteiger partial charge in [-0.15, -0.1) is 0 Å². The van der Waals surface area contributed by atoms with Crippen molar-refractivity contribution in [3.05, 3.63) is 78.1 Å². The summed E-state index contributed by atoms with van der Waals surface area (Å²) in [7, 11) is 2.04. The second kappa shape index (κ2) is 11.3. The fourth-order valence-electron chi connectivity index (χ4n) is 4.00. The summed E-state index contributed by atoms with van der Waals surface area (Å²) in [5.74, 6) is -0.192. The second-order valence-corrected chi connectivity index (χ2v) is 10.2. The summed E-state index contributed by atoms with van der Waals surface area (Å²) in [5.41, 5.74) is 4.35. The van der Waals surface area contributed by atoms with E-state index in [9.17, 15) is 9.18 Å². The highest BCUT2D eigenvalue weighted by atomic mass is 19.1. The van der Waals surface area contributed by atoms with E-state index in [0.29, 0.717) is 5.69 Å². The molecular formula is C28H37FN4O. The van der Waals surface area contributed by atoms with Gasteiger partial charge in [0.15, 0.2) is 6.29 Å². The number of hydrogen-bond acceptors (Lipinski definition) is 4. The summed E-state index contributed by atoms with van der Waals surface area (Å²) in [6.07, 6.45) is 6.84. The van der Waals surface area contributed by atoms with E-state index in [2.05, 4.69) is 66.7 Å². The first-order valence-corrected chi connectivity index (χ1v) is 12.0. The second-order valence-electron chi connectivity index (χ2n) is 10.2. The number of carbonyl (C=O) groups excluding carboxylic acids is 1. The standard InChI is InChI=1S/C19H23FN2.C9H14N2O/c1-3-22(18-11-12-18)19-6-4-5-15(13-19)14-21(2)17-9-7-16(20)8-10-17;1-9(2,3)6-11-4-8(5-12)10-7-11/h4-10,13,18H,3,11-12,14H2,1-2H3;4-5,7H,6H2,1-3H3. The van der Waals surface area contributed by atoms with Gasteiger partial charge in [-0.05, 0) is 67.1 Å². The third-order valence-corrected chi connectivity index (χ3v) is 5.69. The van der Waals surface area contributed by atoms with Crippen LogP contribution >= 0.6 is 0 Å². The van der Waals surface area contributed by atoms with Crippen LogP contribution in [-0.4, -0.2) is 35.5 Å². The lowest BCUT2D eigenvalue weighted by Gasteiger charge is -2.24. The van der Waals surface area contributed by atoms with E-state index in [0.717, 1.165) is 37.6 Å². The molecule has 34 heavy (non-hydrogen) atoms. The minimum atomic E-state index is -0.192. The van der Waals surface area contributed by atoms with E-state index >= 15 is 0 Å². The minimum absolute atomic E-state index is 0.192. The van der Waals surface area contributed by atoms with Gasteiger partial charge in [-0.3, -0.25) is 4.79 Å². The zero-order valence-electron chi connectivity index (χ0n) is 21.0. The number of imidazole rings is 1. The lowest BCUT2D eigenvalue weighted by Crippen LogP contribution is -2.25. The summed E-state index contributed by atoms with van der Waals surface area (Å²) in [5, 5.41) is 0. The van der Waals surface area contributed by atoms with Gasteiger partial charge in [0.1, 0.15) is 11.5 Å². The van der Waals surface area contributed by atoms with Gasteiger partial charge in [-0.25, -0.2) is 9.37 Å². The molecule has 6 heteroatoms. The number of nitrogens with zero attached hydrogens (tertiary/aromatic N) is 4. The summed E-state index contributed by atoms with van der Waals surface area (Å²) >= 11 is 0. The van der Waals surface area contributed by atoms with Gasteiger partial charge < -0.3 is 14.4 Å². The molecule has 1 aliphatic carbocycles. The minimum Gasteiger partial charge on any atom is -0.370 e. The van der Waals surface area contributed by atoms with Crippen molar-refractivity contribution in [3.8, 4) is 0 Å². The first kappa shape index (κ1) is 25.5. The molecule has 182 valence electrons. The number of hydrogen-bond donors (Lipinski definition) is 0. The van der Waals surface area contributed by atoms with Crippen LogP contribution in [0.4, 0.5) is 15.8 Å². The van der Waals surface area contributed by atoms with Crippen LogP contribution in [0.15, 0.2) is 61.1 Å². The maximum absolute atomic E-state index is 13.0. The molecular weight excluding hydrogens is 427 g/mol. The van der Waals surface area contributed by atoms with E-state index in [1.54, 1.807) is 12.5 Å². The average Bonchev–Trinajstić information content (AvgIpc) is 3.52. The molecule has 1 saturated carbocycles. The van der Waals surface area contributed by atoms with E-state index in [1.165, 1.54) is 36.2 Å². The number of anilines is 2. The highest BCUT2D eigenvalue weighted by Crippen LogP contribution is 2.32. The lowest BCUT2D eigenvalue weighted by molar-refractivity contribution is 0.111. The Labute approximate surface area is 203 Å². The van der Waals surface area contributed by atoms with Crippen LogP contribution in [0.2, 0.25) is 0 Å². The van der Waals surface area contributed by atoms with E-state index < -0.39 is 0 Å². The topological polar surface area (TPSA) is 41.4 Å². The van der Waals surface area contributed by atoms with Gasteiger partial charge in [0.05, 0.1) is 6.33 Å². The number of halogens is 1. The quantitative estimate of drug-likeness (QED) is 0.373. The van der Waals surface area contributed by atoms with Gasteiger partial charge in [0, 0.05) is 50.3 Å². The van der Waals surface area contributed by atoms with Crippen LogP contribution < -0.4 is 9.80 Å². The van der Waals surface area contributed by atoms with Crippen molar-refractivity contribution in [2.75, 3.05) is 23.4 Å². The third kappa shape index (κ3) is 7.72. The zero-order valence-corrected chi connectivity index (χ0v) is 21.0. The first-order chi connectivity index (χ1) is 16.2. The Hall–Kier alpha value is -3.15. The van der Waals surface area contributed by atoms with E-state index in [1.807, 2.05) is 23.7 Å². The molecule has 0 unspecified atom stereocenters. The Kier molecular flexibility index (Phi) is 8.48. The van der Waals surface area contributed by atoms with Gasteiger partial charge in [-0.1, -0.05) is 32.9 Å². The fourth-order valence-corrected chi connectivity index (χ4v) is 4.00. The summed E-state index contributed by atoms with van der Waals surface area (Å²) in [4.78, 5) is 18.9. The SMILES string of the molecule is CC(C)(C)Cn1cnc(C=O)c1.CCN(c1cccc(CN(C)c2ccc(F)cc2)c1)C1CC1. The summed E-state index contributed by atoms with van der Waals surface area (Å²) in [6.45, 7) is 11.4. The van der Waals surface area contributed by atoms with Crippen molar-refractivity contribution in [1.82, 2.24) is 9.55 Å². The van der Waals surface area contributed by atoms with Crippen molar-refractivity contribution in [2.24, 2.45) is 5.41 Å². The molecule has 0 amide bonds. The van der Waals surface area contributed by atoms with Crippen LogP contribution in [0.25, 0.3) is 0 Å². The van der Waals surface area contributed by atoms with Crippen molar-refractivity contribution >= 4 is 17.7 Å². The predicted molar refractivity (Wildman–Crippen MR) is 138 cm³/mol.